The van der Waals surface area contributed by atoms with E-state index in [1.165, 1.54) is 0 Å². The summed E-state index contributed by atoms with van der Waals surface area (Å²) >= 11 is -0.368. The van der Waals surface area contributed by atoms with E-state index in [0.717, 1.165) is 34.4 Å². The van der Waals surface area contributed by atoms with Crippen molar-refractivity contribution in [2.24, 2.45) is 0 Å². The van der Waals surface area contributed by atoms with Gasteiger partial charge in [-0.15, -0.1) is 0 Å². The molecule has 0 spiro atoms. The zero-order valence-electron chi connectivity index (χ0n) is 23.0. The van der Waals surface area contributed by atoms with Crippen molar-refractivity contribution in [2.75, 3.05) is 10.6 Å². The Balaban J connectivity index is 0.000000181. The van der Waals surface area contributed by atoms with Gasteiger partial charge < -0.3 is 31.2 Å². The van der Waals surface area contributed by atoms with Crippen LogP contribution in [0.5, 0.6) is 0 Å². The molecule has 0 radical (unpaired) electrons. The van der Waals surface area contributed by atoms with Gasteiger partial charge >= 0.3 is 34.1 Å². The van der Waals surface area contributed by atoms with Gasteiger partial charge in [0.05, 0.1) is 0 Å². The van der Waals surface area contributed by atoms with Gasteiger partial charge in [-0.1, -0.05) is 133 Å². The molecule has 0 saturated heterocycles. The fourth-order valence-corrected chi connectivity index (χ4v) is 3.72. The molecule has 0 aliphatic rings. The van der Waals surface area contributed by atoms with Crippen LogP contribution in [0.2, 0.25) is 0 Å². The van der Waals surface area contributed by atoms with Crippen LogP contribution in [-0.2, 0) is 14.4 Å². The number of hydrogen-bond acceptors (Lipinski definition) is 4. The molecule has 6 nitrogen and oxygen atoms in total. The smallest absolute Gasteiger partial charge is 0.0381 e. The monoisotopic (exact) mass is 641 g/mol. The van der Waals surface area contributed by atoms with E-state index < -0.39 is 0 Å². The Morgan fingerprint density at radius 2 is 0.744 bits per heavy atom. The fraction of sp³-hybridized carbons (Fsp3) is 0. The first-order valence-electron chi connectivity index (χ1n) is 13.3. The van der Waals surface area contributed by atoms with Gasteiger partial charge in [-0.2, -0.15) is 0 Å². The molecule has 0 amide bonds. The zero-order valence-corrected chi connectivity index (χ0v) is 25.9. The molecule has 2 N–H and O–H groups in total. The first-order valence-corrected chi connectivity index (χ1v) is 17.1. The van der Waals surface area contributed by atoms with Gasteiger partial charge in [0.25, 0.3) is 0 Å². The number of pyridine rings is 2. The number of rotatable bonds is 8. The van der Waals surface area contributed by atoms with Gasteiger partial charge in [-0.25, -0.2) is 0 Å². The average Bonchev–Trinajstić information content (AvgIpc) is 3.04. The first kappa shape index (κ1) is 31.5. The van der Waals surface area contributed by atoms with Crippen LogP contribution in [0.3, 0.4) is 0 Å². The van der Waals surface area contributed by atoms with Crippen LogP contribution in [0.25, 0.3) is 10.6 Å². The second-order valence-electron chi connectivity index (χ2n) is 8.70. The third-order valence-corrected chi connectivity index (χ3v) is 5.56. The van der Waals surface area contributed by atoms with E-state index in [0.29, 0.717) is 11.6 Å². The average molecular weight is 642 g/mol. The van der Waals surface area contributed by atoms with E-state index >= 15 is 0 Å². The van der Waals surface area contributed by atoms with E-state index in [1.807, 2.05) is 158 Å². The van der Waals surface area contributed by atoms with Crippen LogP contribution in [-0.4, -0.2) is 9.97 Å². The van der Waals surface area contributed by atoms with Crippen molar-refractivity contribution in [2.45, 2.75) is 0 Å². The number of halogens is 2. The summed E-state index contributed by atoms with van der Waals surface area (Å²) in [6, 6.07) is 51.1. The number of nitrogens with one attached hydrogen (secondary N) is 2. The molecule has 215 valence electrons. The summed E-state index contributed by atoms with van der Waals surface area (Å²) < 4.78 is 0. The standard InChI is InChI=1S/2C17H14N3.2ClH.V/c2*1-3-8-14(9-4-1)18-16-12-7-13-17(20-16)19-15-10-5-2-6-11-15;;;/h2*1-13H,(H-,18,19,20);2*1H;/q2*-1;;;+2/p-2. The van der Waals surface area contributed by atoms with Crippen molar-refractivity contribution in [3.63, 3.8) is 0 Å². The van der Waals surface area contributed by atoms with Crippen LogP contribution >= 0.6 is 19.7 Å². The van der Waals surface area contributed by atoms with Crippen LogP contribution in [0.4, 0.5) is 46.0 Å². The van der Waals surface area contributed by atoms with Gasteiger partial charge in [0.15, 0.2) is 0 Å². The molecule has 0 atom stereocenters. The van der Waals surface area contributed by atoms with Crippen LogP contribution in [0.1, 0.15) is 0 Å². The van der Waals surface area contributed by atoms with Gasteiger partial charge in [0.1, 0.15) is 0 Å². The second kappa shape index (κ2) is 18.2. The summed E-state index contributed by atoms with van der Waals surface area (Å²) in [5, 5.41) is 15.5. The Kier molecular flexibility index (Phi) is 13.3. The molecule has 0 bridgehead atoms. The van der Waals surface area contributed by atoms with Gasteiger partial charge in [0, 0.05) is 23.0 Å². The van der Waals surface area contributed by atoms with Crippen molar-refractivity contribution >= 4 is 65.7 Å². The van der Waals surface area contributed by atoms with E-state index in [1.54, 1.807) is 0 Å². The Labute approximate surface area is 267 Å². The molecule has 0 aliphatic carbocycles. The number of benzene rings is 4. The number of nitrogens with zero attached hydrogens (tertiary/aromatic N) is 4. The maximum Gasteiger partial charge on any atom is 0.0381 e. The minimum atomic E-state index is -0.368. The van der Waals surface area contributed by atoms with Crippen molar-refractivity contribution < 1.29 is 14.4 Å². The molecule has 43 heavy (non-hydrogen) atoms. The topological polar surface area (TPSA) is 78.0 Å². The molecule has 0 aliphatic heterocycles. The predicted octanol–water partition coefficient (Wildman–Crippen LogP) is 11.7. The number of aromatic nitrogens is 2. The van der Waals surface area contributed by atoms with Gasteiger partial charge in [0.2, 0.25) is 0 Å². The SMILES string of the molecule is [Cl][V][Cl].c1ccc([N-]c2cccc(Nc3ccccc3)n2)cc1.c1ccc([N-]c2cccc(Nc3ccccc3)n2)cc1. The van der Waals surface area contributed by atoms with Gasteiger partial charge in [-0.05, 0) is 47.8 Å². The fourth-order valence-electron chi connectivity index (χ4n) is 3.72. The molecule has 0 saturated carbocycles. The van der Waals surface area contributed by atoms with Crippen molar-refractivity contribution in [1.29, 1.82) is 0 Å². The molecular weight excluding hydrogens is 614 g/mol. The van der Waals surface area contributed by atoms with Crippen LogP contribution in [0.15, 0.2) is 158 Å². The summed E-state index contributed by atoms with van der Waals surface area (Å²) in [6.07, 6.45) is 0. The van der Waals surface area contributed by atoms with E-state index in [9.17, 15) is 0 Å². The van der Waals surface area contributed by atoms with Crippen LogP contribution in [0, 0.1) is 0 Å². The molecule has 2 aromatic heterocycles. The minimum absolute atomic E-state index is 0.368. The minimum Gasteiger partial charge on any atom is -0.436 e. The molecule has 0 fully saturated rings. The first-order chi connectivity index (χ1) is 21.2. The van der Waals surface area contributed by atoms with Crippen molar-refractivity contribution in [3.8, 4) is 0 Å². The van der Waals surface area contributed by atoms with Crippen molar-refractivity contribution in [1.82, 2.24) is 9.97 Å². The largest absolute Gasteiger partial charge is 0.436 e. The molecule has 0 unspecified atom stereocenters. The third kappa shape index (κ3) is 11.7. The van der Waals surface area contributed by atoms with E-state index in [4.69, 9.17) is 19.7 Å². The number of hydrogen-bond donors (Lipinski definition) is 2. The van der Waals surface area contributed by atoms with E-state index in [2.05, 4.69) is 31.2 Å². The predicted molar refractivity (Wildman–Crippen MR) is 178 cm³/mol. The van der Waals surface area contributed by atoms with E-state index in [-0.39, 0.29) is 14.4 Å². The number of anilines is 4. The maximum atomic E-state index is 4.86. The second-order valence-corrected chi connectivity index (χ2v) is 11.0. The Morgan fingerprint density at radius 1 is 0.419 bits per heavy atom. The Bertz CT molecular complexity index is 1380. The Morgan fingerprint density at radius 3 is 1.09 bits per heavy atom. The van der Waals surface area contributed by atoms with Crippen LogP contribution < -0.4 is 10.6 Å². The number of para-hydroxylation sites is 4. The molecular formula is C34H28Cl2N6V-2. The summed E-state index contributed by atoms with van der Waals surface area (Å²) in [7, 11) is 9.72. The Hall–Kier alpha value is -4.46. The van der Waals surface area contributed by atoms with Gasteiger partial charge in [-0.3, -0.25) is 0 Å². The van der Waals surface area contributed by atoms with Crippen molar-refractivity contribution in [3.05, 3.63) is 168 Å². The third-order valence-electron chi connectivity index (χ3n) is 5.56. The molecule has 2 heterocycles. The summed E-state index contributed by atoms with van der Waals surface area (Å²) in [4.78, 5) is 8.97. The maximum absolute atomic E-state index is 4.86. The molecule has 6 rings (SSSR count). The normalized spacial score (nSPS) is 9.63. The zero-order chi connectivity index (χ0) is 30.0. The quantitative estimate of drug-likeness (QED) is 0.173. The molecule has 4 aromatic carbocycles. The molecule has 6 aromatic rings. The summed E-state index contributed by atoms with van der Waals surface area (Å²) in [6.45, 7) is 0. The summed E-state index contributed by atoms with van der Waals surface area (Å²) in [5.41, 5.74) is 3.82. The summed E-state index contributed by atoms with van der Waals surface area (Å²) in [5.74, 6) is 2.95. The molecule has 9 heteroatoms.